The molecule has 15 heavy (non-hydrogen) atoms. The minimum Gasteiger partial charge on any atom is -0.324 e. The summed E-state index contributed by atoms with van der Waals surface area (Å²) in [7, 11) is 0. The molecule has 3 heteroatoms. The molecule has 3 nitrogen and oxygen atoms in total. The largest absolute Gasteiger partial charge is 0.324 e. The Labute approximate surface area is 89.0 Å². The smallest absolute Gasteiger partial charge is 0.115 e. The lowest BCUT2D eigenvalue weighted by Crippen LogP contribution is -2.13. The topological polar surface area (TPSA) is 51.8 Å². The second-order valence-corrected chi connectivity index (χ2v) is 3.47. The Bertz CT molecular complexity index is 400. The summed E-state index contributed by atoms with van der Waals surface area (Å²) in [6, 6.07) is 10.1. The maximum Gasteiger partial charge on any atom is 0.115 e. The summed E-state index contributed by atoms with van der Waals surface area (Å²) in [5, 5.41) is 0. The van der Waals surface area contributed by atoms with Crippen molar-refractivity contribution < 1.29 is 0 Å². The van der Waals surface area contributed by atoms with Gasteiger partial charge in [0, 0.05) is 18.4 Å². The van der Waals surface area contributed by atoms with Crippen LogP contribution in [0.15, 0.2) is 49.1 Å². The first-order chi connectivity index (χ1) is 7.36. The molecular formula is C12H13N3. The van der Waals surface area contributed by atoms with E-state index < -0.39 is 0 Å². The highest BCUT2D eigenvalue weighted by atomic mass is 14.8. The molecule has 76 valence electrons. The molecule has 1 aromatic heterocycles. The Hall–Kier alpha value is -1.74. The van der Waals surface area contributed by atoms with Crippen molar-refractivity contribution in [2.24, 2.45) is 5.73 Å². The zero-order valence-corrected chi connectivity index (χ0v) is 8.38. The molecule has 0 aliphatic rings. The van der Waals surface area contributed by atoms with Crippen molar-refractivity contribution in [3.05, 3.63) is 60.2 Å². The third kappa shape index (κ3) is 2.60. The Kier molecular flexibility index (Phi) is 3.05. The van der Waals surface area contributed by atoms with Gasteiger partial charge in [0.1, 0.15) is 6.33 Å². The maximum atomic E-state index is 6.07. The first-order valence-corrected chi connectivity index (χ1v) is 4.90. The molecule has 0 amide bonds. The van der Waals surface area contributed by atoms with Crippen molar-refractivity contribution in [3.63, 3.8) is 0 Å². The van der Waals surface area contributed by atoms with E-state index in [-0.39, 0.29) is 6.04 Å². The fourth-order valence-corrected chi connectivity index (χ4v) is 1.51. The molecule has 1 aromatic carbocycles. The third-order valence-electron chi connectivity index (χ3n) is 2.30. The highest BCUT2D eigenvalue weighted by Gasteiger charge is 2.06. The lowest BCUT2D eigenvalue weighted by Gasteiger charge is -2.10. The summed E-state index contributed by atoms with van der Waals surface area (Å²) in [5.74, 6) is 0. The van der Waals surface area contributed by atoms with E-state index in [2.05, 4.69) is 9.97 Å². The highest BCUT2D eigenvalue weighted by molar-refractivity contribution is 5.20. The van der Waals surface area contributed by atoms with E-state index in [0.717, 1.165) is 17.5 Å². The van der Waals surface area contributed by atoms with Gasteiger partial charge in [0.15, 0.2) is 0 Å². The molecule has 2 rings (SSSR count). The molecule has 0 spiro atoms. The standard InChI is InChI=1S/C12H13N3/c13-12(11-4-2-1-3-5-11)6-10-7-14-9-15-8-10/h1-5,7-9,12H,6,13H2. The van der Waals surface area contributed by atoms with Gasteiger partial charge in [-0.1, -0.05) is 30.3 Å². The van der Waals surface area contributed by atoms with E-state index in [1.807, 2.05) is 30.3 Å². The van der Waals surface area contributed by atoms with Crippen LogP contribution in [-0.4, -0.2) is 9.97 Å². The van der Waals surface area contributed by atoms with Gasteiger partial charge in [-0.15, -0.1) is 0 Å². The van der Waals surface area contributed by atoms with Gasteiger partial charge in [0.05, 0.1) is 0 Å². The number of nitrogens with two attached hydrogens (primary N) is 1. The third-order valence-corrected chi connectivity index (χ3v) is 2.30. The van der Waals surface area contributed by atoms with Gasteiger partial charge in [0.25, 0.3) is 0 Å². The second kappa shape index (κ2) is 4.66. The minimum atomic E-state index is 0.0113. The van der Waals surface area contributed by atoms with Crippen molar-refractivity contribution >= 4 is 0 Å². The number of hydrogen-bond donors (Lipinski definition) is 1. The zero-order valence-electron chi connectivity index (χ0n) is 8.38. The van der Waals surface area contributed by atoms with E-state index in [1.165, 1.54) is 6.33 Å². The van der Waals surface area contributed by atoms with Crippen LogP contribution >= 0.6 is 0 Å². The number of rotatable bonds is 3. The fourth-order valence-electron chi connectivity index (χ4n) is 1.51. The van der Waals surface area contributed by atoms with E-state index >= 15 is 0 Å². The van der Waals surface area contributed by atoms with Gasteiger partial charge < -0.3 is 5.73 Å². The SMILES string of the molecule is NC(Cc1cncnc1)c1ccccc1. The second-order valence-electron chi connectivity index (χ2n) is 3.47. The molecule has 1 atom stereocenters. The van der Waals surface area contributed by atoms with Gasteiger partial charge >= 0.3 is 0 Å². The van der Waals surface area contributed by atoms with Crippen LogP contribution in [-0.2, 0) is 6.42 Å². The molecule has 0 radical (unpaired) electrons. The van der Waals surface area contributed by atoms with Crippen molar-refractivity contribution in [2.75, 3.05) is 0 Å². The van der Waals surface area contributed by atoms with Crippen molar-refractivity contribution in [2.45, 2.75) is 12.5 Å². The average molecular weight is 199 g/mol. The highest BCUT2D eigenvalue weighted by Crippen LogP contribution is 2.14. The predicted octanol–water partition coefficient (Wildman–Crippen LogP) is 1.72. The van der Waals surface area contributed by atoms with Gasteiger partial charge in [-0.2, -0.15) is 0 Å². The lowest BCUT2D eigenvalue weighted by molar-refractivity contribution is 0.716. The monoisotopic (exact) mass is 199 g/mol. The summed E-state index contributed by atoms with van der Waals surface area (Å²) >= 11 is 0. The summed E-state index contributed by atoms with van der Waals surface area (Å²) in [6.07, 6.45) is 5.90. The summed E-state index contributed by atoms with van der Waals surface area (Å²) < 4.78 is 0. The van der Waals surface area contributed by atoms with Crippen molar-refractivity contribution in [1.82, 2.24) is 9.97 Å². The molecule has 0 aliphatic heterocycles. The van der Waals surface area contributed by atoms with Gasteiger partial charge in [-0.05, 0) is 17.5 Å². The minimum absolute atomic E-state index is 0.0113. The molecule has 1 heterocycles. The molecule has 0 fully saturated rings. The molecule has 0 saturated heterocycles. The van der Waals surface area contributed by atoms with Gasteiger partial charge in [-0.3, -0.25) is 0 Å². The quantitative estimate of drug-likeness (QED) is 0.818. The van der Waals surface area contributed by atoms with Crippen molar-refractivity contribution in [1.29, 1.82) is 0 Å². The Balaban J connectivity index is 2.08. The summed E-state index contributed by atoms with van der Waals surface area (Å²) in [5.41, 5.74) is 8.28. The zero-order chi connectivity index (χ0) is 10.5. The van der Waals surface area contributed by atoms with Crippen LogP contribution in [0.2, 0.25) is 0 Å². The van der Waals surface area contributed by atoms with Crippen molar-refractivity contribution in [3.8, 4) is 0 Å². The first kappa shape index (κ1) is 9.80. The van der Waals surface area contributed by atoms with Crippen LogP contribution in [0.3, 0.4) is 0 Å². The normalized spacial score (nSPS) is 12.3. The Morgan fingerprint density at radius 1 is 1.07 bits per heavy atom. The van der Waals surface area contributed by atoms with Gasteiger partial charge in [0.2, 0.25) is 0 Å². The van der Waals surface area contributed by atoms with E-state index in [9.17, 15) is 0 Å². The van der Waals surface area contributed by atoms with Crippen LogP contribution in [0.25, 0.3) is 0 Å². The van der Waals surface area contributed by atoms with Crippen LogP contribution in [0, 0.1) is 0 Å². The van der Waals surface area contributed by atoms with E-state index in [0.29, 0.717) is 0 Å². The molecule has 0 aliphatic carbocycles. The fraction of sp³-hybridized carbons (Fsp3) is 0.167. The Morgan fingerprint density at radius 2 is 1.73 bits per heavy atom. The number of hydrogen-bond acceptors (Lipinski definition) is 3. The summed E-state index contributed by atoms with van der Waals surface area (Å²) in [6.45, 7) is 0. The average Bonchev–Trinajstić information content (AvgIpc) is 2.31. The first-order valence-electron chi connectivity index (χ1n) is 4.90. The Morgan fingerprint density at radius 3 is 2.40 bits per heavy atom. The van der Waals surface area contributed by atoms with E-state index in [1.54, 1.807) is 12.4 Å². The van der Waals surface area contributed by atoms with Crippen LogP contribution in [0.4, 0.5) is 0 Å². The molecule has 2 aromatic rings. The van der Waals surface area contributed by atoms with E-state index in [4.69, 9.17) is 5.73 Å². The molecule has 2 N–H and O–H groups in total. The maximum absolute atomic E-state index is 6.07. The molecular weight excluding hydrogens is 186 g/mol. The van der Waals surface area contributed by atoms with Gasteiger partial charge in [-0.25, -0.2) is 9.97 Å². The lowest BCUT2D eigenvalue weighted by atomic mass is 10.0. The van der Waals surface area contributed by atoms with Crippen LogP contribution in [0.5, 0.6) is 0 Å². The summed E-state index contributed by atoms with van der Waals surface area (Å²) in [4.78, 5) is 7.93. The molecule has 0 saturated carbocycles. The molecule has 1 unspecified atom stereocenters. The number of aromatic nitrogens is 2. The number of benzene rings is 1. The molecule has 0 bridgehead atoms. The van der Waals surface area contributed by atoms with Crippen LogP contribution < -0.4 is 5.73 Å². The van der Waals surface area contributed by atoms with Crippen LogP contribution in [0.1, 0.15) is 17.2 Å². The number of nitrogens with zero attached hydrogens (tertiary/aromatic N) is 2. The predicted molar refractivity (Wildman–Crippen MR) is 59.1 cm³/mol.